The first-order valence-corrected chi connectivity index (χ1v) is 15.4. The Balaban J connectivity index is 1.40. The van der Waals surface area contributed by atoms with Crippen LogP contribution in [0.5, 0.6) is 28.7 Å². The van der Waals surface area contributed by atoms with E-state index in [1.54, 1.807) is 0 Å². The van der Waals surface area contributed by atoms with E-state index in [1.165, 1.54) is 18.2 Å². The lowest BCUT2D eigenvalue weighted by Crippen LogP contribution is -2.60. The zero-order valence-electron chi connectivity index (χ0n) is 25.8. The van der Waals surface area contributed by atoms with Gasteiger partial charge in [0.25, 0.3) is 0 Å². The van der Waals surface area contributed by atoms with Gasteiger partial charge in [-0.2, -0.15) is 0 Å². The van der Waals surface area contributed by atoms with Crippen molar-refractivity contribution in [2.75, 3.05) is 23.8 Å². The standard InChI is InChI=1S/C30H36N2O18/c33-6-16-19(35)22(38)24(40)29(49-16)47-13-3-8-1-11(27(42)43)31-10(8)5-14(13)46-26-18-9(2-12(32-18)28(44)45)4-15(21(26)37)48-30-25(41)23(39)20(36)17(7-34)50-30/h3-5,11-12,16-17,19-20,22-25,29-41H,1-2,6-7H2,(H,42,43)(H,44,45)/t11-,12-,16+,17+,19+,20+,22-,23-,24+,25+,29+,30+/m0/s1. The van der Waals surface area contributed by atoms with Crippen LogP contribution >= 0.6 is 0 Å². The van der Waals surface area contributed by atoms with Crippen LogP contribution in [0.25, 0.3) is 0 Å². The lowest BCUT2D eigenvalue weighted by Gasteiger charge is -2.39. The number of aromatic hydroxyl groups is 1. The van der Waals surface area contributed by atoms with Crippen LogP contribution in [0.2, 0.25) is 0 Å². The molecule has 20 nitrogen and oxygen atoms in total. The molecule has 2 aromatic rings. The Hall–Kier alpha value is -4.22. The normalized spacial score (nSPS) is 34.6. The number of ether oxygens (including phenoxy) is 5. The van der Waals surface area contributed by atoms with E-state index in [-0.39, 0.29) is 41.3 Å². The quantitative estimate of drug-likeness (QED) is 0.113. The highest BCUT2D eigenvalue weighted by molar-refractivity contribution is 5.86. The fourth-order valence-electron chi connectivity index (χ4n) is 6.15. The van der Waals surface area contributed by atoms with Crippen LogP contribution in [0.3, 0.4) is 0 Å². The van der Waals surface area contributed by atoms with Gasteiger partial charge in [0.15, 0.2) is 23.0 Å². The number of hydrogen-bond donors (Lipinski definition) is 13. The second kappa shape index (κ2) is 13.8. The van der Waals surface area contributed by atoms with Gasteiger partial charge in [-0.1, -0.05) is 0 Å². The van der Waals surface area contributed by atoms with E-state index >= 15 is 0 Å². The van der Waals surface area contributed by atoms with Gasteiger partial charge < -0.3 is 90.5 Å². The molecule has 0 amide bonds. The van der Waals surface area contributed by atoms with E-state index in [0.29, 0.717) is 5.56 Å². The molecular weight excluding hydrogens is 676 g/mol. The predicted molar refractivity (Wildman–Crippen MR) is 161 cm³/mol. The van der Waals surface area contributed by atoms with Gasteiger partial charge in [-0.05, 0) is 23.3 Å². The third-order valence-corrected chi connectivity index (χ3v) is 8.96. The Morgan fingerprint density at radius 2 is 1.18 bits per heavy atom. The fourth-order valence-corrected chi connectivity index (χ4v) is 6.15. The number of nitrogens with one attached hydrogen (secondary N) is 2. The number of carbonyl (C=O) groups is 2. The average Bonchev–Trinajstić information content (AvgIpc) is 3.71. The monoisotopic (exact) mass is 712 g/mol. The van der Waals surface area contributed by atoms with Gasteiger partial charge in [-0.25, -0.2) is 9.59 Å². The Kier molecular flexibility index (Phi) is 9.85. The van der Waals surface area contributed by atoms with Crippen LogP contribution in [0.4, 0.5) is 11.4 Å². The topological polar surface area (TPSA) is 327 Å². The molecule has 4 heterocycles. The molecule has 20 heteroatoms. The third-order valence-electron chi connectivity index (χ3n) is 8.96. The molecule has 12 atom stereocenters. The number of phenols is 1. The first-order chi connectivity index (χ1) is 23.7. The van der Waals surface area contributed by atoms with E-state index in [0.717, 1.165) is 0 Å². The van der Waals surface area contributed by atoms with Crippen LogP contribution in [-0.2, 0) is 31.9 Å². The van der Waals surface area contributed by atoms with Crippen molar-refractivity contribution in [2.24, 2.45) is 0 Å². The lowest BCUT2D eigenvalue weighted by molar-refractivity contribution is -0.277. The summed E-state index contributed by atoms with van der Waals surface area (Å²) in [6.07, 6.45) is -17.2. The molecule has 2 saturated heterocycles. The summed E-state index contributed by atoms with van der Waals surface area (Å²) in [5.41, 5.74) is 0.871. The Bertz CT molecular complexity index is 1620. The highest BCUT2D eigenvalue weighted by Crippen LogP contribution is 2.52. The molecule has 274 valence electrons. The zero-order valence-corrected chi connectivity index (χ0v) is 25.8. The molecule has 0 bridgehead atoms. The number of hydrogen-bond acceptors (Lipinski definition) is 18. The molecule has 13 N–H and O–H groups in total. The van der Waals surface area contributed by atoms with Crippen LogP contribution in [0.1, 0.15) is 11.1 Å². The lowest BCUT2D eigenvalue weighted by atomic mass is 9.99. The number of aliphatic hydroxyl groups is 8. The highest BCUT2D eigenvalue weighted by atomic mass is 16.7. The minimum atomic E-state index is -1.88. The highest BCUT2D eigenvalue weighted by Gasteiger charge is 2.47. The molecule has 4 aliphatic rings. The maximum Gasteiger partial charge on any atom is 0.326 e. The minimum absolute atomic E-state index is 0.0216. The molecule has 0 unspecified atom stereocenters. The van der Waals surface area contributed by atoms with Gasteiger partial charge >= 0.3 is 11.9 Å². The SMILES string of the molecule is O=C(O)[C@@H]1Cc2cc(O[C@@H]3O[C@H](CO)[C@@H](O)[C@H](O)[C@H]3O)c(Oc3c(O)c(O[C@@H]4O[C@H](CO)[C@@H](O)[C@H](O)[C@H]4O)cc4c3N[C@H](C(=O)O)C4)cc2N1. The summed E-state index contributed by atoms with van der Waals surface area (Å²) in [7, 11) is 0. The van der Waals surface area contributed by atoms with Crippen molar-refractivity contribution in [2.45, 2.75) is 86.3 Å². The number of carboxylic acid groups (broad SMARTS) is 2. The second-order valence-corrected chi connectivity index (χ2v) is 12.3. The summed E-state index contributed by atoms with van der Waals surface area (Å²) in [5.74, 6) is -4.68. The van der Waals surface area contributed by atoms with Crippen molar-refractivity contribution in [3.8, 4) is 28.7 Å². The molecular formula is C30H36N2O18. The number of rotatable bonds is 10. The summed E-state index contributed by atoms with van der Waals surface area (Å²) in [6, 6.07) is 1.57. The molecule has 0 spiro atoms. The average molecular weight is 713 g/mol. The molecule has 0 aromatic heterocycles. The van der Waals surface area contributed by atoms with Crippen LogP contribution in [-0.4, -0.2) is 155 Å². The summed E-state index contributed by atoms with van der Waals surface area (Å²) in [5, 5.41) is 118. The van der Waals surface area contributed by atoms with Gasteiger partial charge in [-0.3, -0.25) is 0 Å². The van der Waals surface area contributed by atoms with Crippen molar-refractivity contribution in [1.82, 2.24) is 0 Å². The summed E-state index contributed by atoms with van der Waals surface area (Å²) in [4.78, 5) is 23.7. The third kappa shape index (κ3) is 6.41. The second-order valence-electron chi connectivity index (χ2n) is 12.3. The number of anilines is 2. The van der Waals surface area contributed by atoms with Gasteiger partial charge in [0.05, 0.1) is 18.9 Å². The maximum atomic E-state index is 11.9. The summed E-state index contributed by atoms with van der Waals surface area (Å²) in [6.45, 7) is -1.54. The number of benzene rings is 2. The van der Waals surface area contributed by atoms with E-state index in [1.807, 2.05) is 0 Å². The summed E-state index contributed by atoms with van der Waals surface area (Å²) >= 11 is 0. The first-order valence-electron chi connectivity index (χ1n) is 15.4. The first kappa shape index (κ1) is 35.6. The molecule has 0 saturated carbocycles. The number of carboxylic acids is 2. The molecule has 50 heavy (non-hydrogen) atoms. The van der Waals surface area contributed by atoms with Crippen LogP contribution in [0, 0.1) is 0 Å². The molecule has 0 radical (unpaired) electrons. The van der Waals surface area contributed by atoms with Crippen LogP contribution < -0.4 is 24.8 Å². The summed E-state index contributed by atoms with van der Waals surface area (Å²) < 4.78 is 28.5. The molecule has 4 aliphatic heterocycles. The molecule has 0 aliphatic carbocycles. The van der Waals surface area contributed by atoms with E-state index in [4.69, 9.17) is 23.7 Å². The van der Waals surface area contributed by atoms with Gasteiger partial charge in [-0.15, -0.1) is 0 Å². The largest absolute Gasteiger partial charge is 0.502 e. The van der Waals surface area contributed by atoms with Crippen molar-refractivity contribution in [3.63, 3.8) is 0 Å². The Morgan fingerprint density at radius 3 is 1.72 bits per heavy atom. The van der Waals surface area contributed by atoms with E-state index in [2.05, 4.69) is 10.6 Å². The van der Waals surface area contributed by atoms with Crippen molar-refractivity contribution in [1.29, 1.82) is 0 Å². The number of aliphatic hydroxyl groups excluding tert-OH is 8. The molecule has 2 fully saturated rings. The van der Waals surface area contributed by atoms with Gasteiger partial charge in [0.1, 0.15) is 60.9 Å². The van der Waals surface area contributed by atoms with E-state index < -0.39 is 116 Å². The number of phenolic OH excluding ortho intramolecular Hbond substituents is 1. The van der Waals surface area contributed by atoms with Crippen molar-refractivity contribution < 1.29 is 89.4 Å². The fraction of sp³-hybridized carbons (Fsp3) is 0.533. The smallest absolute Gasteiger partial charge is 0.326 e. The number of fused-ring (bicyclic) bond motifs is 2. The van der Waals surface area contributed by atoms with Crippen LogP contribution in [0.15, 0.2) is 18.2 Å². The Labute approximate surface area is 281 Å². The minimum Gasteiger partial charge on any atom is -0.502 e. The molecule has 2 aromatic carbocycles. The van der Waals surface area contributed by atoms with Crippen molar-refractivity contribution >= 4 is 23.3 Å². The van der Waals surface area contributed by atoms with Gasteiger partial charge in [0.2, 0.25) is 18.3 Å². The van der Waals surface area contributed by atoms with Gasteiger partial charge in [0, 0.05) is 24.6 Å². The zero-order chi connectivity index (χ0) is 36.2. The predicted octanol–water partition coefficient (Wildman–Crippen LogP) is -3.62. The van der Waals surface area contributed by atoms with Crippen molar-refractivity contribution in [3.05, 3.63) is 29.3 Å². The van der Waals surface area contributed by atoms with E-state index in [9.17, 15) is 65.8 Å². The number of aliphatic carboxylic acids is 2. The maximum absolute atomic E-state index is 11.9. The Morgan fingerprint density at radius 1 is 0.680 bits per heavy atom. The molecule has 6 rings (SSSR count).